The lowest BCUT2D eigenvalue weighted by Crippen LogP contribution is -2.97. The molecule has 1 saturated carbocycles. The predicted octanol–water partition coefficient (Wildman–Crippen LogP) is 3.36. The molecule has 3 N–H and O–H groups in total. The van der Waals surface area contributed by atoms with Gasteiger partial charge in [0.25, 0.3) is 5.56 Å². The van der Waals surface area contributed by atoms with Gasteiger partial charge in [-0.3, -0.25) is 19.3 Å². The molecule has 2 aromatic rings. The van der Waals surface area contributed by atoms with Crippen LogP contribution >= 0.6 is 0 Å². The van der Waals surface area contributed by atoms with Crippen LogP contribution in [0.5, 0.6) is 0 Å². The lowest BCUT2D eigenvalue weighted by molar-refractivity contribution is -0.659. The van der Waals surface area contributed by atoms with Crippen molar-refractivity contribution in [1.29, 1.82) is 0 Å². The zero-order valence-corrected chi connectivity index (χ0v) is 19.4. The minimum atomic E-state index is -5.92. The number of hydrogen-bond donors (Lipinski definition) is 3. The van der Waals surface area contributed by atoms with Gasteiger partial charge in [-0.05, 0) is 24.3 Å². The van der Waals surface area contributed by atoms with E-state index in [4.69, 9.17) is 0 Å². The summed E-state index contributed by atoms with van der Waals surface area (Å²) >= 11 is 0. The van der Waals surface area contributed by atoms with Gasteiger partial charge in [-0.15, -0.1) is 0 Å². The van der Waals surface area contributed by atoms with Crippen LogP contribution in [0.1, 0.15) is 56.1 Å². The quantitative estimate of drug-likeness (QED) is 0.515. The second-order valence-electron chi connectivity index (χ2n) is 9.39. The van der Waals surface area contributed by atoms with Gasteiger partial charge in [-0.1, -0.05) is 62.4 Å². The monoisotopic (exact) mass is 517 g/mol. The molecule has 0 saturated heterocycles. The third-order valence-electron chi connectivity index (χ3n) is 7.03. The summed E-state index contributed by atoms with van der Waals surface area (Å²) in [6.07, 6.45) is -6.73. The first kappa shape index (κ1) is 26.0. The van der Waals surface area contributed by atoms with Gasteiger partial charge in [0.2, 0.25) is 11.7 Å². The van der Waals surface area contributed by atoms with E-state index in [1.54, 1.807) is 40.3 Å². The van der Waals surface area contributed by atoms with Crippen LogP contribution < -0.4 is 21.6 Å². The number of amidine groups is 1. The van der Waals surface area contributed by atoms with Gasteiger partial charge in [0, 0.05) is 13.0 Å². The fourth-order valence-electron chi connectivity index (χ4n) is 5.15. The number of hydrogen-bond acceptors (Lipinski definition) is 3. The number of benzene rings is 1. The standard InChI is InChI=1S/C24H26F6N4O2/c25-23(26,27)22(24(28,29)30)18-19(31-17(33-22)12-11-15-7-3-1-4-8-15)34(21(36)32-20(18)35)14-13-16-9-5-2-6-10-16/h2,5-6,9-10,15H,1,3-4,7-8,11-14H2,(H,31,33)(H,32,35,36)/p+1. The Morgan fingerprint density at radius 2 is 1.58 bits per heavy atom. The zero-order chi connectivity index (χ0) is 26.1. The zero-order valence-electron chi connectivity index (χ0n) is 19.4. The molecule has 0 radical (unpaired) electrons. The van der Waals surface area contributed by atoms with Gasteiger partial charge in [-0.2, -0.15) is 26.3 Å². The Balaban J connectivity index is 1.83. The average molecular weight is 517 g/mol. The average Bonchev–Trinajstić information content (AvgIpc) is 2.81. The van der Waals surface area contributed by atoms with Crippen LogP contribution in [-0.4, -0.2) is 27.7 Å². The number of rotatable bonds is 6. The van der Waals surface area contributed by atoms with Crippen LogP contribution in [0.4, 0.5) is 32.2 Å². The molecule has 0 unspecified atom stereocenters. The van der Waals surface area contributed by atoms with Gasteiger partial charge in [0.15, 0.2) is 0 Å². The van der Waals surface area contributed by atoms with Crippen molar-refractivity contribution >= 4 is 11.7 Å². The summed E-state index contributed by atoms with van der Waals surface area (Å²) in [4.78, 5) is 28.5. The normalized spacial score (nSPS) is 18.3. The molecule has 4 rings (SSSR count). The Bertz CT molecular complexity index is 1210. The van der Waals surface area contributed by atoms with Crippen molar-refractivity contribution in [1.82, 2.24) is 9.55 Å². The number of H-pyrrole nitrogens is 1. The van der Waals surface area contributed by atoms with Crippen molar-refractivity contribution in [2.24, 2.45) is 5.92 Å². The highest BCUT2D eigenvalue weighted by Gasteiger charge is 2.78. The summed E-state index contributed by atoms with van der Waals surface area (Å²) in [7, 11) is 0. The molecule has 2 heterocycles. The Morgan fingerprint density at radius 3 is 2.19 bits per heavy atom. The van der Waals surface area contributed by atoms with Crippen molar-refractivity contribution in [3.05, 3.63) is 62.3 Å². The van der Waals surface area contributed by atoms with Crippen LogP contribution in [0.25, 0.3) is 0 Å². The summed E-state index contributed by atoms with van der Waals surface area (Å²) in [5, 5.41) is 2.57. The molecule has 1 aliphatic heterocycles. The number of alkyl halides is 6. The first-order valence-corrected chi connectivity index (χ1v) is 11.9. The number of nitrogens with one attached hydrogen (secondary N) is 3. The first-order chi connectivity index (χ1) is 16.9. The molecule has 1 fully saturated rings. The van der Waals surface area contributed by atoms with Gasteiger partial charge < -0.3 is 0 Å². The number of halogens is 6. The molecule has 0 bridgehead atoms. The number of fused-ring (bicyclic) bond motifs is 1. The molecule has 196 valence electrons. The van der Waals surface area contributed by atoms with E-state index in [1.807, 2.05) is 0 Å². The van der Waals surface area contributed by atoms with Crippen LogP contribution in [-0.2, 0) is 18.5 Å². The molecular formula is C24H27F6N4O2+. The number of aromatic amines is 1. The fraction of sp³-hybridized carbons (Fsp3) is 0.542. The highest BCUT2D eigenvalue weighted by Crippen LogP contribution is 2.48. The van der Waals surface area contributed by atoms with E-state index in [0.29, 0.717) is 6.42 Å². The summed E-state index contributed by atoms with van der Waals surface area (Å²) in [6.45, 7) is -0.239. The van der Waals surface area contributed by atoms with E-state index in [2.05, 4.69) is 5.32 Å². The molecule has 12 heteroatoms. The van der Waals surface area contributed by atoms with Crippen LogP contribution in [0.3, 0.4) is 0 Å². The highest BCUT2D eigenvalue weighted by atomic mass is 19.4. The maximum atomic E-state index is 14.3. The van der Waals surface area contributed by atoms with E-state index < -0.39 is 46.4 Å². The Hall–Kier alpha value is -3.05. The van der Waals surface area contributed by atoms with E-state index in [-0.39, 0.29) is 25.3 Å². The molecule has 1 aromatic carbocycles. The first-order valence-electron chi connectivity index (χ1n) is 11.9. The Labute approximate surface area is 202 Å². The Kier molecular flexibility index (Phi) is 7.07. The summed E-state index contributed by atoms with van der Waals surface area (Å²) in [5.74, 6) is -1.02. The van der Waals surface area contributed by atoms with E-state index in [0.717, 1.165) is 42.2 Å². The molecule has 0 spiro atoms. The highest BCUT2D eigenvalue weighted by molar-refractivity contribution is 5.92. The van der Waals surface area contributed by atoms with Crippen molar-refractivity contribution < 1.29 is 31.3 Å². The third-order valence-corrected chi connectivity index (χ3v) is 7.03. The van der Waals surface area contributed by atoms with E-state index >= 15 is 0 Å². The molecule has 2 aliphatic rings. The lowest BCUT2D eigenvalue weighted by atomic mass is 9.85. The maximum Gasteiger partial charge on any atom is 0.446 e. The van der Waals surface area contributed by atoms with Crippen LogP contribution in [0.2, 0.25) is 0 Å². The largest absolute Gasteiger partial charge is 0.446 e. The van der Waals surface area contributed by atoms with Crippen molar-refractivity contribution in [3.8, 4) is 0 Å². The smallest absolute Gasteiger partial charge is 0.273 e. The van der Waals surface area contributed by atoms with Gasteiger partial charge in [0.1, 0.15) is 5.56 Å². The maximum absolute atomic E-state index is 14.3. The van der Waals surface area contributed by atoms with Crippen LogP contribution in [0, 0.1) is 5.92 Å². The minimum absolute atomic E-state index is 0.113. The molecule has 36 heavy (non-hydrogen) atoms. The van der Waals surface area contributed by atoms with E-state index in [1.165, 1.54) is 0 Å². The summed E-state index contributed by atoms with van der Waals surface area (Å²) in [5.41, 5.74) is -8.40. The SMILES string of the molecule is O=c1[nH]c(=O)n(CCc2ccccc2)c2c1C(C(F)(F)F)(C(F)(F)F)[NH+]=C(CCC1CCCCC1)N2. The molecule has 1 aliphatic carbocycles. The molecule has 6 nitrogen and oxygen atoms in total. The van der Waals surface area contributed by atoms with Crippen molar-refractivity contribution in [3.63, 3.8) is 0 Å². The number of aromatic nitrogens is 2. The predicted molar refractivity (Wildman–Crippen MR) is 121 cm³/mol. The summed E-state index contributed by atoms with van der Waals surface area (Å²) < 4.78 is 86.8. The number of nitrogens with zero attached hydrogens (tertiary/aromatic N) is 1. The van der Waals surface area contributed by atoms with E-state index in [9.17, 15) is 35.9 Å². The lowest BCUT2D eigenvalue weighted by Gasteiger charge is -2.35. The molecule has 1 aromatic heterocycles. The second-order valence-corrected chi connectivity index (χ2v) is 9.39. The topological polar surface area (TPSA) is 80.9 Å². The fourth-order valence-corrected chi connectivity index (χ4v) is 5.15. The third kappa shape index (κ3) is 4.81. The minimum Gasteiger partial charge on any atom is -0.273 e. The van der Waals surface area contributed by atoms with Crippen molar-refractivity contribution in [2.75, 3.05) is 5.32 Å². The number of aryl methyl sites for hydroxylation is 1. The summed E-state index contributed by atoms with van der Waals surface area (Å²) in [6, 6.07) is 8.63. The van der Waals surface area contributed by atoms with Gasteiger partial charge in [-0.25, -0.2) is 10.1 Å². The van der Waals surface area contributed by atoms with Crippen LogP contribution in [0.15, 0.2) is 39.9 Å². The molecule has 0 amide bonds. The Morgan fingerprint density at radius 1 is 0.944 bits per heavy atom. The van der Waals surface area contributed by atoms with Crippen molar-refractivity contribution in [2.45, 2.75) is 75.8 Å². The molecular weight excluding hydrogens is 490 g/mol. The van der Waals surface area contributed by atoms with Gasteiger partial charge >= 0.3 is 23.6 Å². The second kappa shape index (κ2) is 9.78. The van der Waals surface area contributed by atoms with Gasteiger partial charge in [0.05, 0.1) is 0 Å². The number of anilines is 1. The molecule has 0 atom stereocenters.